The number of rotatable bonds is 4. The molecule has 0 aliphatic heterocycles. The quantitative estimate of drug-likeness (QED) is 0.692. The fourth-order valence-corrected chi connectivity index (χ4v) is 2.94. The van der Waals surface area contributed by atoms with Gasteiger partial charge >= 0.3 is 0 Å². The van der Waals surface area contributed by atoms with Crippen LogP contribution in [0.4, 0.5) is 0 Å². The van der Waals surface area contributed by atoms with Gasteiger partial charge in [-0.3, -0.25) is 0 Å². The van der Waals surface area contributed by atoms with Crippen molar-refractivity contribution in [2.24, 2.45) is 0 Å². The maximum Gasteiger partial charge on any atom is 0.0374 e. The molecule has 1 unspecified atom stereocenters. The normalized spacial score (nSPS) is 13.2. The lowest BCUT2D eigenvalue weighted by Gasteiger charge is -2.07. The molecule has 15 heavy (non-hydrogen) atoms. The summed E-state index contributed by atoms with van der Waals surface area (Å²) in [4.78, 5) is 0.660. The van der Waals surface area contributed by atoms with E-state index in [4.69, 9.17) is 0 Å². The van der Waals surface area contributed by atoms with Gasteiger partial charge in [-0.1, -0.05) is 41.1 Å². The Balaban J connectivity index is 2.17. The monoisotopic (exact) mass is 282 g/mol. The van der Waals surface area contributed by atoms with Crippen LogP contribution in [-0.4, -0.2) is 4.83 Å². The molecule has 0 fully saturated rings. The van der Waals surface area contributed by atoms with Gasteiger partial charge in [0.1, 0.15) is 0 Å². The van der Waals surface area contributed by atoms with Crippen LogP contribution in [0.2, 0.25) is 0 Å². The summed E-state index contributed by atoms with van der Waals surface area (Å²) in [5.74, 6) is 0. The van der Waals surface area contributed by atoms with Gasteiger partial charge in [0.2, 0.25) is 0 Å². The van der Waals surface area contributed by atoms with Crippen LogP contribution < -0.4 is 0 Å². The highest BCUT2D eigenvalue weighted by atomic mass is 79.9. The number of hydrogen-bond donors (Lipinski definition) is 0. The molecule has 1 heterocycles. The third kappa shape index (κ3) is 2.61. The van der Waals surface area contributed by atoms with Crippen molar-refractivity contribution in [3.63, 3.8) is 0 Å². The maximum atomic E-state index is 3.69. The predicted octanol–water partition coefficient (Wildman–Crippen LogP) is 5.01. The number of fused-ring (bicyclic) bond motifs is 1. The molecule has 0 aliphatic rings. The molecule has 0 radical (unpaired) electrons. The summed E-state index contributed by atoms with van der Waals surface area (Å²) in [5.41, 5.74) is 1.50. The Kier molecular flexibility index (Phi) is 3.81. The van der Waals surface area contributed by atoms with E-state index >= 15 is 0 Å². The molecular weight excluding hydrogens is 268 g/mol. The van der Waals surface area contributed by atoms with Gasteiger partial charge in [0.05, 0.1) is 0 Å². The van der Waals surface area contributed by atoms with Crippen LogP contribution in [0.5, 0.6) is 0 Å². The van der Waals surface area contributed by atoms with Gasteiger partial charge in [0, 0.05) is 9.53 Å². The zero-order valence-electron chi connectivity index (χ0n) is 8.87. The number of alkyl halides is 1. The molecule has 1 aromatic carbocycles. The minimum Gasteiger partial charge on any atom is -0.144 e. The fraction of sp³-hybridized carbons (Fsp3) is 0.385. The topological polar surface area (TPSA) is 0 Å². The van der Waals surface area contributed by atoms with Gasteiger partial charge in [-0.15, -0.1) is 11.3 Å². The standard InChI is InChI=1S/C13H15BrS/c1-2-12(14)7-6-10-4-3-5-11-8-9-15-13(10)11/h3-5,8-9,12H,2,6-7H2,1H3. The van der Waals surface area contributed by atoms with Crippen molar-refractivity contribution >= 4 is 37.4 Å². The maximum absolute atomic E-state index is 3.69. The van der Waals surface area contributed by atoms with Gasteiger partial charge in [0.25, 0.3) is 0 Å². The van der Waals surface area contributed by atoms with Crippen LogP contribution in [0, 0.1) is 0 Å². The van der Waals surface area contributed by atoms with E-state index in [2.05, 4.69) is 52.5 Å². The molecule has 0 bridgehead atoms. The van der Waals surface area contributed by atoms with Crippen LogP contribution >= 0.6 is 27.3 Å². The average molecular weight is 283 g/mol. The average Bonchev–Trinajstić information content (AvgIpc) is 2.74. The minimum atomic E-state index is 0.660. The lowest BCUT2D eigenvalue weighted by molar-refractivity contribution is 0.749. The zero-order valence-corrected chi connectivity index (χ0v) is 11.3. The molecule has 0 spiro atoms. The summed E-state index contributed by atoms with van der Waals surface area (Å²) < 4.78 is 1.47. The first-order chi connectivity index (χ1) is 7.31. The highest BCUT2D eigenvalue weighted by Crippen LogP contribution is 2.26. The molecule has 2 heteroatoms. The fourth-order valence-electron chi connectivity index (χ4n) is 1.77. The van der Waals surface area contributed by atoms with Crippen molar-refractivity contribution in [3.05, 3.63) is 35.2 Å². The Labute approximate surface area is 103 Å². The van der Waals surface area contributed by atoms with E-state index in [-0.39, 0.29) is 0 Å². The molecule has 0 saturated carbocycles. The molecule has 80 valence electrons. The summed E-state index contributed by atoms with van der Waals surface area (Å²) >= 11 is 5.55. The smallest absolute Gasteiger partial charge is 0.0374 e. The summed E-state index contributed by atoms with van der Waals surface area (Å²) in [5, 5.41) is 3.57. The molecule has 2 rings (SSSR count). The van der Waals surface area contributed by atoms with E-state index in [1.807, 2.05) is 11.3 Å². The Morgan fingerprint density at radius 2 is 2.20 bits per heavy atom. The minimum absolute atomic E-state index is 0.660. The van der Waals surface area contributed by atoms with E-state index in [0.29, 0.717) is 4.83 Å². The number of thiophene rings is 1. The lowest BCUT2D eigenvalue weighted by Crippen LogP contribution is -1.97. The number of aryl methyl sites for hydroxylation is 1. The van der Waals surface area contributed by atoms with Crippen molar-refractivity contribution in [2.45, 2.75) is 31.0 Å². The van der Waals surface area contributed by atoms with Crippen LogP contribution in [0.1, 0.15) is 25.3 Å². The van der Waals surface area contributed by atoms with Crippen molar-refractivity contribution in [1.82, 2.24) is 0 Å². The third-order valence-electron chi connectivity index (χ3n) is 2.73. The van der Waals surface area contributed by atoms with Gasteiger partial charge in [-0.25, -0.2) is 0 Å². The number of hydrogen-bond acceptors (Lipinski definition) is 1. The summed E-state index contributed by atoms with van der Waals surface area (Å²) in [7, 11) is 0. The third-order valence-corrected chi connectivity index (χ3v) is 4.84. The van der Waals surface area contributed by atoms with Gasteiger partial charge in [-0.2, -0.15) is 0 Å². The molecule has 0 nitrogen and oxygen atoms in total. The summed E-state index contributed by atoms with van der Waals surface area (Å²) in [6.07, 6.45) is 3.62. The highest BCUT2D eigenvalue weighted by Gasteiger charge is 2.05. The first-order valence-corrected chi connectivity index (χ1v) is 7.20. The second-order valence-corrected chi connectivity index (χ2v) is 6.01. The van der Waals surface area contributed by atoms with Gasteiger partial charge < -0.3 is 0 Å². The van der Waals surface area contributed by atoms with Crippen molar-refractivity contribution in [3.8, 4) is 0 Å². The molecule has 0 aliphatic carbocycles. The van der Waals surface area contributed by atoms with Crippen LogP contribution in [0.15, 0.2) is 29.6 Å². The van der Waals surface area contributed by atoms with E-state index in [9.17, 15) is 0 Å². The highest BCUT2D eigenvalue weighted by molar-refractivity contribution is 9.09. The second-order valence-electron chi connectivity index (χ2n) is 3.80. The molecule has 1 aromatic heterocycles. The van der Waals surface area contributed by atoms with E-state index < -0.39 is 0 Å². The predicted molar refractivity (Wildman–Crippen MR) is 73.2 cm³/mol. The van der Waals surface area contributed by atoms with Crippen molar-refractivity contribution in [1.29, 1.82) is 0 Å². The number of halogens is 1. The molecule has 2 aromatic rings. The Morgan fingerprint density at radius 1 is 1.33 bits per heavy atom. The van der Waals surface area contributed by atoms with Crippen molar-refractivity contribution in [2.75, 3.05) is 0 Å². The first kappa shape index (κ1) is 11.2. The van der Waals surface area contributed by atoms with Crippen LogP contribution in [-0.2, 0) is 6.42 Å². The van der Waals surface area contributed by atoms with Crippen molar-refractivity contribution < 1.29 is 0 Å². The SMILES string of the molecule is CCC(Br)CCc1cccc2ccsc12. The molecule has 0 N–H and O–H groups in total. The van der Waals surface area contributed by atoms with Gasteiger partial charge in [-0.05, 0) is 41.7 Å². The summed E-state index contributed by atoms with van der Waals surface area (Å²) in [6, 6.07) is 8.82. The van der Waals surface area contributed by atoms with E-state index in [1.165, 1.54) is 34.9 Å². The Hall–Kier alpha value is -0.340. The van der Waals surface area contributed by atoms with E-state index in [0.717, 1.165) is 0 Å². The largest absolute Gasteiger partial charge is 0.144 e. The Bertz CT molecular complexity index is 433. The molecule has 0 saturated heterocycles. The van der Waals surface area contributed by atoms with E-state index in [1.54, 1.807) is 0 Å². The zero-order chi connectivity index (χ0) is 10.7. The number of benzene rings is 1. The van der Waals surface area contributed by atoms with Crippen LogP contribution in [0.3, 0.4) is 0 Å². The molecular formula is C13H15BrS. The summed E-state index contributed by atoms with van der Waals surface area (Å²) in [6.45, 7) is 2.23. The van der Waals surface area contributed by atoms with Crippen LogP contribution in [0.25, 0.3) is 10.1 Å². The lowest BCUT2D eigenvalue weighted by atomic mass is 10.1. The second kappa shape index (κ2) is 5.13. The Morgan fingerprint density at radius 3 is 3.00 bits per heavy atom. The van der Waals surface area contributed by atoms with Gasteiger partial charge in [0.15, 0.2) is 0 Å². The molecule has 1 atom stereocenters. The molecule has 0 amide bonds. The first-order valence-electron chi connectivity index (χ1n) is 5.40.